The highest BCUT2D eigenvalue weighted by Crippen LogP contribution is 2.30. The molecule has 0 saturated heterocycles. The molecule has 2 heteroatoms. The van der Waals surface area contributed by atoms with Gasteiger partial charge in [0, 0.05) is 0 Å². The minimum atomic E-state index is 0.684. The molecule has 2 aromatic rings. The van der Waals surface area contributed by atoms with E-state index in [9.17, 15) is 0 Å². The molecule has 1 nitrogen and oxygen atoms in total. The lowest BCUT2D eigenvalue weighted by molar-refractivity contribution is 0.309. The summed E-state index contributed by atoms with van der Waals surface area (Å²) in [4.78, 5) is 0. The van der Waals surface area contributed by atoms with Crippen molar-refractivity contribution in [2.45, 2.75) is 46.0 Å². The molecule has 0 saturated carbocycles. The van der Waals surface area contributed by atoms with E-state index < -0.39 is 0 Å². The molecule has 0 spiro atoms. The zero-order chi connectivity index (χ0) is 15.8. The Hall–Kier alpha value is -1.47. The fourth-order valence-corrected chi connectivity index (χ4v) is 2.60. The first-order valence-corrected chi connectivity index (χ1v) is 8.64. The van der Waals surface area contributed by atoms with Crippen LogP contribution in [0.1, 0.15) is 45.1 Å². The Balaban J connectivity index is 2.07. The summed E-state index contributed by atoms with van der Waals surface area (Å²) in [5.74, 6) is 0.776. The van der Waals surface area contributed by atoms with Crippen molar-refractivity contribution in [3.05, 3.63) is 53.1 Å². The van der Waals surface area contributed by atoms with Crippen LogP contribution < -0.4 is 4.74 Å². The van der Waals surface area contributed by atoms with Gasteiger partial charge in [0.25, 0.3) is 0 Å². The fourth-order valence-electron chi connectivity index (χ4n) is 2.37. The van der Waals surface area contributed by atoms with Gasteiger partial charge in [-0.15, -0.1) is 0 Å². The predicted octanol–water partition coefficient (Wildman–Crippen LogP) is 6.53. The van der Waals surface area contributed by atoms with E-state index >= 15 is 0 Å². The van der Waals surface area contributed by atoms with E-state index in [2.05, 4.69) is 44.2 Å². The summed E-state index contributed by atoms with van der Waals surface area (Å²) in [6, 6.07) is 14.8. The molecule has 0 aliphatic carbocycles. The zero-order valence-corrected chi connectivity index (χ0v) is 14.3. The van der Waals surface area contributed by atoms with E-state index in [4.69, 9.17) is 16.3 Å². The van der Waals surface area contributed by atoms with Crippen LogP contribution in [0.4, 0.5) is 0 Å². The van der Waals surface area contributed by atoms with Gasteiger partial charge in [0.2, 0.25) is 0 Å². The van der Waals surface area contributed by atoms with Crippen molar-refractivity contribution in [2.24, 2.45) is 0 Å². The lowest BCUT2D eigenvalue weighted by Crippen LogP contribution is -1.97. The average molecular weight is 317 g/mol. The van der Waals surface area contributed by atoms with Gasteiger partial charge in [-0.2, -0.15) is 0 Å². The van der Waals surface area contributed by atoms with Crippen LogP contribution in [-0.4, -0.2) is 6.61 Å². The van der Waals surface area contributed by atoms with E-state index in [0.717, 1.165) is 37.2 Å². The van der Waals surface area contributed by atoms with Crippen molar-refractivity contribution in [3.8, 4) is 16.9 Å². The lowest BCUT2D eigenvalue weighted by Gasteiger charge is -2.10. The molecule has 118 valence electrons. The Bertz CT molecular complexity index is 575. The van der Waals surface area contributed by atoms with Gasteiger partial charge >= 0.3 is 0 Å². The zero-order valence-electron chi connectivity index (χ0n) is 13.6. The third-order valence-corrected chi connectivity index (χ3v) is 4.09. The third kappa shape index (κ3) is 4.78. The second-order valence-corrected chi connectivity index (χ2v) is 6.05. The molecule has 0 aliphatic heterocycles. The number of benzene rings is 2. The molecule has 2 rings (SSSR count). The number of halogens is 1. The summed E-state index contributed by atoms with van der Waals surface area (Å²) >= 11 is 6.33. The Morgan fingerprint density at radius 1 is 0.864 bits per heavy atom. The number of rotatable bonds is 8. The Morgan fingerprint density at radius 3 is 2.18 bits per heavy atom. The number of aryl methyl sites for hydroxylation is 1. The highest BCUT2D eigenvalue weighted by molar-refractivity contribution is 6.32. The molecule has 0 aromatic heterocycles. The standard InChI is InChI=1S/C20H25ClO/c1-3-5-7-16-8-10-17(11-9-16)18-12-13-20(19(21)15-18)22-14-6-4-2/h8-13,15H,3-7,14H2,1-2H3. The predicted molar refractivity (Wildman–Crippen MR) is 95.9 cm³/mol. The number of hydrogen-bond donors (Lipinski definition) is 0. The normalized spacial score (nSPS) is 10.7. The second-order valence-electron chi connectivity index (χ2n) is 5.65. The summed E-state index contributed by atoms with van der Waals surface area (Å²) in [5.41, 5.74) is 3.73. The van der Waals surface area contributed by atoms with Crippen LogP contribution in [0.25, 0.3) is 11.1 Å². The van der Waals surface area contributed by atoms with Crippen molar-refractivity contribution >= 4 is 11.6 Å². The highest BCUT2D eigenvalue weighted by Gasteiger charge is 2.05. The van der Waals surface area contributed by atoms with E-state index in [-0.39, 0.29) is 0 Å². The number of hydrogen-bond acceptors (Lipinski definition) is 1. The molecule has 0 heterocycles. The monoisotopic (exact) mass is 316 g/mol. The third-order valence-electron chi connectivity index (χ3n) is 3.79. The van der Waals surface area contributed by atoms with E-state index in [1.54, 1.807) is 0 Å². The molecule has 0 N–H and O–H groups in total. The van der Waals surface area contributed by atoms with E-state index in [0.29, 0.717) is 5.02 Å². The average Bonchev–Trinajstić information content (AvgIpc) is 2.55. The van der Waals surface area contributed by atoms with Crippen molar-refractivity contribution in [3.63, 3.8) is 0 Å². The molecule has 0 amide bonds. The van der Waals surface area contributed by atoms with Gasteiger partial charge in [0.15, 0.2) is 0 Å². The Morgan fingerprint density at radius 2 is 1.55 bits per heavy atom. The van der Waals surface area contributed by atoms with Crippen LogP contribution in [-0.2, 0) is 6.42 Å². The Kier molecular flexibility index (Phi) is 6.79. The molecule has 0 bridgehead atoms. The van der Waals surface area contributed by atoms with Crippen LogP contribution >= 0.6 is 11.6 Å². The SMILES string of the molecule is CCCCOc1ccc(-c2ccc(CCCC)cc2)cc1Cl. The quantitative estimate of drug-likeness (QED) is 0.503. The van der Waals surface area contributed by atoms with Crippen molar-refractivity contribution < 1.29 is 4.74 Å². The summed E-state index contributed by atoms with van der Waals surface area (Å²) < 4.78 is 5.70. The fraction of sp³-hybridized carbons (Fsp3) is 0.400. The molecule has 22 heavy (non-hydrogen) atoms. The Labute approximate surface area is 139 Å². The van der Waals surface area contributed by atoms with Crippen molar-refractivity contribution in [1.82, 2.24) is 0 Å². The highest BCUT2D eigenvalue weighted by atomic mass is 35.5. The summed E-state index contributed by atoms with van der Waals surface area (Å²) in [6.45, 7) is 5.10. The number of unbranched alkanes of at least 4 members (excludes halogenated alkanes) is 2. The summed E-state index contributed by atoms with van der Waals surface area (Å²) in [6.07, 6.45) is 5.81. The molecular formula is C20H25ClO. The van der Waals surface area contributed by atoms with Crippen molar-refractivity contribution in [1.29, 1.82) is 0 Å². The molecule has 0 atom stereocenters. The molecular weight excluding hydrogens is 292 g/mol. The maximum absolute atomic E-state index is 6.33. The number of ether oxygens (including phenoxy) is 1. The van der Waals surface area contributed by atoms with Gasteiger partial charge < -0.3 is 4.74 Å². The van der Waals surface area contributed by atoms with Crippen molar-refractivity contribution in [2.75, 3.05) is 6.61 Å². The van der Waals surface area contributed by atoms with Crippen LogP contribution in [0.3, 0.4) is 0 Å². The molecule has 0 fully saturated rings. The topological polar surface area (TPSA) is 9.23 Å². The lowest BCUT2D eigenvalue weighted by atomic mass is 10.0. The molecule has 2 aromatic carbocycles. The van der Waals surface area contributed by atoms with Gasteiger partial charge in [0.05, 0.1) is 11.6 Å². The maximum atomic E-state index is 6.33. The van der Waals surface area contributed by atoms with Crippen LogP contribution in [0.2, 0.25) is 5.02 Å². The minimum absolute atomic E-state index is 0.684. The van der Waals surface area contributed by atoms with Gasteiger partial charge in [0.1, 0.15) is 5.75 Å². The maximum Gasteiger partial charge on any atom is 0.137 e. The van der Waals surface area contributed by atoms with Gasteiger partial charge in [-0.3, -0.25) is 0 Å². The largest absolute Gasteiger partial charge is 0.492 e. The molecule has 0 radical (unpaired) electrons. The minimum Gasteiger partial charge on any atom is -0.492 e. The van der Waals surface area contributed by atoms with Crippen LogP contribution in [0, 0.1) is 0 Å². The smallest absolute Gasteiger partial charge is 0.137 e. The second kappa shape index (κ2) is 8.85. The van der Waals surface area contributed by atoms with Gasteiger partial charge in [-0.25, -0.2) is 0 Å². The van der Waals surface area contributed by atoms with E-state index in [1.807, 2.05) is 12.1 Å². The summed E-state index contributed by atoms with van der Waals surface area (Å²) in [7, 11) is 0. The van der Waals surface area contributed by atoms with Crippen LogP contribution in [0.5, 0.6) is 5.75 Å². The first-order chi connectivity index (χ1) is 10.7. The van der Waals surface area contributed by atoms with Gasteiger partial charge in [-0.05, 0) is 48.1 Å². The molecule has 0 aliphatic rings. The first-order valence-electron chi connectivity index (χ1n) is 8.26. The van der Waals surface area contributed by atoms with Gasteiger partial charge in [-0.1, -0.05) is 68.6 Å². The summed E-state index contributed by atoms with van der Waals surface area (Å²) in [5, 5.41) is 0.684. The van der Waals surface area contributed by atoms with Crippen LogP contribution in [0.15, 0.2) is 42.5 Å². The van der Waals surface area contributed by atoms with E-state index in [1.165, 1.54) is 24.0 Å². The first kappa shape index (κ1) is 16.9. The molecule has 0 unspecified atom stereocenters.